The first kappa shape index (κ1) is 14.9. The highest BCUT2D eigenvalue weighted by molar-refractivity contribution is 6.32. The van der Waals surface area contributed by atoms with Gasteiger partial charge in [0.1, 0.15) is 11.6 Å². The highest BCUT2D eigenvalue weighted by Gasteiger charge is 2.09. The van der Waals surface area contributed by atoms with Gasteiger partial charge in [-0.15, -0.1) is 0 Å². The first-order valence-corrected chi connectivity index (χ1v) is 7.86. The smallest absolute Gasteiger partial charge is 0.138 e. The molecule has 0 aliphatic heterocycles. The largest absolute Gasteiger partial charge is 0.492 e. The molecule has 0 atom stereocenters. The third-order valence-corrected chi connectivity index (χ3v) is 4.06. The van der Waals surface area contributed by atoms with Gasteiger partial charge < -0.3 is 9.72 Å². The van der Waals surface area contributed by atoms with Crippen LogP contribution in [0, 0.1) is 13.8 Å². The molecular formula is C18H19ClN2O. The van der Waals surface area contributed by atoms with Crippen molar-refractivity contribution < 1.29 is 4.74 Å². The van der Waals surface area contributed by atoms with Crippen LogP contribution in [0.15, 0.2) is 30.3 Å². The number of hydrogen-bond donors (Lipinski definition) is 1. The number of nitrogens with zero attached hydrogens (tertiary/aromatic N) is 1. The topological polar surface area (TPSA) is 37.9 Å². The molecular weight excluding hydrogens is 296 g/mol. The average Bonchev–Trinajstić information content (AvgIpc) is 2.89. The monoisotopic (exact) mass is 314 g/mol. The van der Waals surface area contributed by atoms with E-state index in [-0.39, 0.29) is 0 Å². The summed E-state index contributed by atoms with van der Waals surface area (Å²) < 4.78 is 5.60. The van der Waals surface area contributed by atoms with Gasteiger partial charge in [0.25, 0.3) is 0 Å². The molecule has 114 valence electrons. The molecule has 0 spiro atoms. The Bertz CT molecular complexity index is 784. The molecule has 3 nitrogen and oxygen atoms in total. The number of aromatic amines is 1. The van der Waals surface area contributed by atoms with Gasteiger partial charge >= 0.3 is 0 Å². The number of aromatic nitrogens is 2. The summed E-state index contributed by atoms with van der Waals surface area (Å²) in [5.74, 6) is 1.54. The van der Waals surface area contributed by atoms with E-state index in [0.717, 1.165) is 34.6 Å². The molecule has 0 radical (unpaired) electrons. The zero-order valence-corrected chi connectivity index (χ0v) is 13.8. The number of fused-ring (bicyclic) bond motifs is 1. The molecule has 1 heterocycles. The van der Waals surface area contributed by atoms with Gasteiger partial charge in [0, 0.05) is 5.56 Å². The minimum atomic E-state index is 0.610. The maximum atomic E-state index is 6.30. The first-order chi connectivity index (χ1) is 10.6. The Kier molecular flexibility index (Phi) is 4.08. The fourth-order valence-electron chi connectivity index (χ4n) is 2.38. The number of hydrogen-bond acceptors (Lipinski definition) is 2. The van der Waals surface area contributed by atoms with Crippen LogP contribution in [-0.2, 0) is 0 Å². The minimum absolute atomic E-state index is 0.610. The van der Waals surface area contributed by atoms with Crippen LogP contribution in [0.4, 0.5) is 0 Å². The lowest BCUT2D eigenvalue weighted by Gasteiger charge is -2.07. The molecule has 0 saturated carbocycles. The van der Waals surface area contributed by atoms with Crippen LogP contribution in [0.5, 0.6) is 5.75 Å². The number of aryl methyl sites for hydroxylation is 2. The predicted octanol–water partition coefficient (Wildman–Crippen LogP) is 5.29. The number of imidazole rings is 1. The Balaban J connectivity index is 1.98. The Morgan fingerprint density at radius 3 is 2.64 bits per heavy atom. The van der Waals surface area contributed by atoms with Crippen LogP contribution in [0.2, 0.25) is 5.02 Å². The summed E-state index contributed by atoms with van der Waals surface area (Å²) in [7, 11) is 0. The molecule has 1 N–H and O–H groups in total. The van der Waals surface area contributed by atoms with Crippen LogP contribution in [0.1, 0.15) is 24.5 Å². The molecule has 0 fully saturated rings. The molecule has 3 aromatic rings. The Hall–Kier alpha value is -2.00. The van der Waals surface area contributed by atoms with Gasteiger partial charge in [-0.2, -0.15) is 0 Å². The van der Waals surface area contributed by atoms with E-state index in [1.165, 1.54) is 11.1 Å². The van der Waals surface area contributed by atoms with Gasteiger partial charge in [-0.1, -0.05) is 18.5 Å². The lowest BCUT2D eigenvalue weighted by atomic mass is 10.1. The molecule has 4 heteroatoms. The molecule has 0 aliphatic carbocycles. The Labute approximate surface area is 135 Å². The maximum Gasteiger partial charge on any atom is 0.138 e. The Morgan fingerprint density at radius 2 is 1.91 bits per heavy atom. The van der Waals surface area contributed by atoms with Gasteiger partial charge in [-0.3, -0.25) is 0 Å². The number of ether oxygens (including phenoxy) is 1. The van der Waals surface area contributed by atoms with Crippen molar-refractivity contribution in [2.75, 3.05) is 6.61 Å². The fraction of sp³-hybridized carbons (Fsp3) is 0.278. The van der Waals surface area contributed by atoms with Crippen molar-refractivity contribution in [3.63, 3.8) is 0 Å². The maximum absolute atomic E-state index is 6.30. The second-order valence-electron chi connectivity index (χ2n) is 5.53. The molecule has 1 aromatic heterocycles. The number of rotatable bonds is 4. The van der Waals surface area contributed by atoms with E-state index >= 15 is 0 Å². The minimum Gasteiger partial charge on any atom is -0.492 e. The average molecular weight is 315 g/mol. The van der Waals surface area contributed by atoms with Gasteiger partial charge in [-0.25, -0.2) is 4.98 Å². The number of halogens is 1. The third kappa shape index (κ3) is 2.81. The highest BCUT2D eigenvalue weighted by atomic mass is 35.5. The van der Waals surface area contributed by atoms with Crippen LogP contribution in [0.3, 0.4) is 0 Å². The molecule has 3 rings (SSSR count). The van der Waals surface area contributed by atoms with E-state index < -0.39 is 0 Å². The van der Waals surface area contributed by atoms with Gasteiger partial charge in [-0.05, 0) is 61.7 Å². The quantitative estimate of drug-likeness (QED) is 0.710. The molecule has 0 saturated heterocycles. The lowest BCUT2D eigenvalue weighted by molar-refractivity contribution is 0.317. The van der Waals surface area contributed by atoms with E-state index in [1.54, 1.807) is 0 Å². The van der Waals surface area contributed by atoms with Crippen molar-refractivity contribution in [1.29, 1.82) is 0 Å². The van der Waals surface area contributed by atoms with Crippen molar-refractivity contribution in [2.45, 2.75) is 27.2 Å². The van der Waals surface area contributed by atoms with E-state index in [0.29, 0.717) is 11.6 Å². The lowest BCUT2D eigenvalue weighted by Crippen LogP contribution is -1.95. The van der Waals surface area contributed by atoms with E-state index in [9.17, 15) is 0 Å². The second-order valence-corrected chi connectivity index (χ2v) is 5.94. The summed E-state index contributed by atoms with van der Waals surface area (Å²) in [4.78, 5) is 8.02. The third-order valence-electron chi connectivity index (χ3n) is 3.76. The van der Waals surface area contributed by atoms with Crippen LogP contribution >= 0.6 is 11.6 Å². The van der Waals surface area contributed by atoms with Crippen LogP contribution in [0.25, 0.3) is 22.4 Å². The molecule has 2 aromatic carbocycles. The van der Waals surface area contributed by atoms with Crippen molar-refractivity contribution in [3.05, 3.63) is 46.5 Å². The normalized spacial score (nSPS) is 11.1. The van der Waals surface area contributed by atoms with Crippen LogP contribution in [-0.4, -0.2) is 16.6 Å². The van der Waals surface area contributed by atoms with Crippen molar-refractivity contribution in [3.8, 4) is 17.1 Å². The molecule has 0 bridgehead atoms. The molecule has 0 aliphatic rings. The number of H-pyrrole nitrogens is 1. The predicted molar refractivity (Wildman–Crippen MR) is 91.8 cm³/mol. The zero-order valence-electron chi connectivity index (χ0n) is 13.0. The highest BCUT2D eigenvalue weighted by Crippen LogP contribution is 2.30. The Morgan fingerprint density at radius 1 is 1.14 bits per heavy atom. The van der Waals surface area contributed by atoms with Crippen LogP contribution < -0.4 is 4.74 Å². The zero-order chi connectivity index (χ0) is 15.7. The number of benzene rings is 2. The number of nitrogens with one attached hydrogen (secondary N) is 1. The van der Waals surface area contributed by atoms with Gasteiger partial charge in [0.05, 0.1) is 22.7 Å². The van der Waals surface area contributed by atoms with Crippen molar-refractivity contribution in [2.24, 2.45) is 0 Å². The molecule has 0 amide bonds. The standard InChI is InChI=1S/C18H19ClN2O/c1-4-7-22-17-6-5-13(10-14(17)19)18-20-15-8-11(2)12(3)9-16(15)21-18/h5-6,8-10H,4,7H2,1-3H3,(H,20,21). The van der Waals surface area contributed by atoms with E-state index in [4.69, 9.17) is 16.3 Å². The summed E-state index contributed by atoms with van der Waals surface area (Å²) >= 11 is 6.30. The van der Waals surface area contributed by atoms with E-state index in [2.05, 4.69) is 42.9 Å². The van der Waals surface area contributed by atoms with Crippen molar-refractivity contribution >= 4 is 22.6 Å². The summed E-state index contributed by atoms with van der Waals surface area (Å²) in [6.07, 6.45) is 0.959. The molecule has 0 unspecified atom stereocenters. The fourth-order valence-corrected chi connectivity index (χ4v) is 2.62. The second kappa shape index (κ2) is 6.01. The van der Waals surface area contributed by atoms with Gasteiger partial charge in [0.15, 0.2) is 0 Å². The van der Waals surface area contributed by atoms with Crippen molar-refractivity contribution in [1.82, 2.24) is 9.97 Å². The summed E-state index contributed by atoms with van der Waals surface area (Å²) in [6.45, 7) is 6.94. The molecule has 22 heavy (non-hydrogen) atoms. The first-order valence-electron chi connectivity index (χ1n) is 7.48. The van der Waals surface area contributed by atoms with E-state index in [1.807, 2.05) is 18.2 Å². The summed E-state index contributed by atoms with van der Waals surface area (Å²) in [5, 5.41) is 0.610. The SMILES string of the molecule is CCCOc1ccc(-c2nc3cc(C)c(C)cc3[nH]2)cc1Cl. The summed E-state index contributed by atoms with van der Waals surface area (Å²) in [6, 6.07) is 10.0. The summed E-state index contributed by atoms with van der Waals surface area (Å²) in [5.41, 5.74) is 5.47. The van der Waals surface area contributed by atoms with Gasteiger partial charge in [0.2, 0.25) is 0 Å².